The largest absolute Gasteiger partial charge is 0.513 e. The SMILES string of the molecule is [CH]C(=C)O. The van der Waals surface area contributed by atoms with Crippen molar-refractivity contribution in [1.29, 1.82) is 0 Å². The zero-order valence-corrected chi connectivity index (χ0v) is 2.23. The molecule has 2 radical (unpaired) electrons. The molecule has 1 nitrogen and oxygen atoms in total. The second-order valence-corrected chi connectivity index (χ2v) is 0.491. The summed E-state index contributed by atoms with van der Waals surface area (Å²) in [4.78, 5) is 0. The Labute approximate surface area is 25.6 Å². The molecule has 0 aliphatic rings. The van der Waals surface area contributed by atoms with Gasteiger partial charge in [-0.15, -0.1) is 0 Å². The Hall–Kier alpha value is -0.460. The van der Waals surface area contributed by atoms with Crippen LogP contribution in [0.15, 0.2) is 12.3 Å². The van der Waals surface area contributed by atoms with Crippen LogP contribution in [0.1, 0.15) is 0 Å². The first-order chi connectivity index (χ1) is 1.73. The van der Waals surface area contributed by atoms with E-state index in [0.717, 1.165) is 0 Å². The zero-order valence-electron chi connectivity index (χ0n) is 2.23. The van der Waals surface area contributed by atoms with Gasteiger partial charge in [-0.3, -0.25) is 0 Å². The predicted octanol–water partition coefficient (Wildman–Crippen LogP) is 0.769. The number of hydrogen-bond acceptors (Lipinski definition) is 1. The first kappa shape index (κ1) is 3.54. The van der Waals surface area contributed by atoms with Gasteiger partial charge in [-0.2, -0.15) is 0 Å². The highest BCUT2D eigenvalue weighted by Crippen LogP contribution is 1.65. The molecule has 0 saturated carbocycles. The Morgan fingerprint density at radius 3 is 2.00 bits per heavy atom. The van der Waals surface area contributed by atoms with E-state index in [0.29, 0.717) is 0 Å². The van der Waals surface area contributed by atoms with Crippen LogP contribution in [0, 0.1) is 6.92 Å². The van der Waals surface area contributed by atoms with Crippen LogP contribution in [0.4, 0.5) is 0 Å². The Morgan fingerprint density at radius 1 is 2.00 bits per heavy atom. The van der Waals surface area contributed by atoms with Crippen molar-refractivity contribution in [2.75, 3.05) is 0 Å². The van der Waals surface area contributed by atoms with Crippen LogP contribution in [0.3, 0.4) is 0 Å². The van der Waals surface area contributed by atoms with Gasteiger partial charge in [0.05, 0.1) is 5.76 Å². The van der Waals surface area contributed by atoms with Gasteiger partial charge in [0, 0.05) is 6.92 Å². The molecule has 0 heterocycles. The van der Waals surface area contributed by atoms with Gasteiger partial charge in [0.25, 0.3) is 0 Å². The van der Waals surface area contributed by atoms with Crippen molar-refractivity contribution in [2.24, 2.45) is 0 Å². The maximum absolute atomic E-state index is 7.64. The summed E-state index contributed by atoms with van der Waals surface area (Å²) < 4.78 is 0. The van der Waals surface area contributed by atoms with Crippen molar-refractivity contribution < 1.29 is 5.11 Å². The maximum atomic E-state index is 7.64. The Bertz CT molecular complexity index is 26.3. The van der Waals surface area contributed by atoms with E-state index in [9.17, 15) is 0 Å². The number of allylic oxidation sites excluding steroid dienone is 1. The van der Waals surface area contributed by atoms with Gasteiger partial charge in [-0.05, 0) is 0 Å². The lowest BCUT2D eigenvalue weighted by Crippen LogP contribution is -1.55. The van der Waals surface area contributed by atoms with Crippen LogP contribution in [-0.4, -0.2) is 5.11 Å². The highest BCUT2D eigenvalue weighted by atomic mass is 16.3. The van der Waals surface area contributed by atoms with Gasteiger partial charge >= 0.3 is 0 Å². The molecule has 0 aromatic rings. The lowest BCUT2D eigenvalue weighted by Gasteiger charge is -1.67. The molecule has 0 atom stereocenters. The molecule has 4 heavy (non-hydrogen) atoms. The Kier molecular flexibility index (Phi) is 0.826. The lowest BCUT2D eigenvalue weighted by atomic mass is 10.7. The van der Waals surface area contributed by atoms with E-state index in [1.54, 1.807) is 0 Å². The Balaban J connectivity index is 2.80. The molecule has 0 rings (SSSR count). The first-order valence-electron chi connectivity index (χ1n) is 0.866. The summed E-state index contributed by atoms with van der Waals surface area (Å²) in [7, 11) is 0. The highest BCUT2D eigenvalue weighted by Gasteiger charge is 1.55. The molecule has 0 aromatic carbocycles. The van der Waals surface area contributed by atoms with Crippen molar-refractivity contribution in [3.05, 3.63) is 19.3 Å². The molecule has 0 aliphatic heterocycles. The molecule has 0 saturated heterocycles. The molecule has 1 N–H and O–H groups in total. The third-order valence-corrected chi connectivity index (χ3v) is 0. The van der Waals surface area contributed by atoms with Crippen LogP contribution in [-0.2, 0) is 0 Å². The predicted molar refractivity (Wildman–Crippen MR) is 16.1 cm³/mol. The summed E-state index contributed by atoms with van der Waals surface area (Å²) in [5, 5.41) is 7.64. The van der Waals surface area contributed by atoms with Crippen LogP contribution in [0.2, 0.25) is 0 Å². The monoisotopic (exact) mass is 56.0 g/mol. The van der Waals surface area contributed by atoms with Crippen molar-refractivity contribution >= 4 is 0 Å². The molecule has 0 aromatic heterocycles. The molecule has 0 spiro atoms. The minimum absolute atomic E-state index is 0.333. The minimum atomic E-state index is -0.333. The molecule has 0 bridgehead atoms. The zero-order chi connectivity index (χ0) is 3.58. The topological polar surface area (TPSA) is 20.2 Å². The van der Waals surface area contributed by atoms with Gasteiger partial charge in [0.1, 0.15) is 0 Å². The number of aliphatic hydroxyl groups is 1. The smallest absolute Gasteiger partial charge is 0.0897 e. The molecule has 0 fully saturated rings. The second-order valence-electron chi connectivity index (χ2n) is 0.491. The number of hydrogen-bond donors (Lipinski definition) is 1. The normalized spacial score (nSPS) is 6.25. The van der Waals surface area contributed by atoms with E-state index in [-0.39, 0.29) is 5.76 Å². The van der Waals surface area contributed by atoms with Gasteiger partial charge < -0.3 is 5.11 Å². The van der Waals surface area contributed by atoms with Crippen molar-refractivity contribution in [3.63, 3.8) is 0 Å². The summed E-state index contributed by atoms with van der Waals surface area (Å²) >= 11 is 0. The maximum Gasteiger partial charge on any atom is 0.0897 e. The number of rotatable bonds is 0. The Morgan fingerprint density at radius 2 is 2.00 bits per heavy atom. The van der Waals surface area contributed by atoms with Crippen LogP contribution >= 0.6 is 0 Å². The minimum Gasteiger partial charge on any atom is -0.513 e. The first-order valence-corrected chi connectivity index (χ1v) is 0.866. The average Bonchev–Trinajstić information content (AvgIpc) is 0.811. The van der Waals surface area contributed by atoms with Crippen LogP contribution in [0.5, 0.6) is 0 Å². The molecular formula is C3H4O. The molecule has 0 unspecified atom stereocenters. The molecule has 1 heteroatoms. The highest BCUT2D eigenvalue weighted by molar-refractivity contribution is 4.80. The fraction of sp³-hybridized carbons (Fsp3) is 0. The molecule has 0 aliphatic carbocycles. The fourth-order valence-corrected chi connectivity index (χ4v) is 0. The van der Waals surface area contributed by atoms with E-state index in [4.69, 9.17) is 5.11 Å². The van der Waals surface area contributed by atoms with E-state index in [1.807, 2.05) is 0 Å². The van der Waals surface area contributed by atoms with Crippen LogP contribution in [0.25, 0.3) is 0 Å². The van der Waals surface area contributed by atoms with E-state index in [1.165, 1.54) is 0 Å². The third kappa shape index (κ3) is 2.12. The summed E-state index contributed by atoms with van der Waals surface area (Å²) in [6.45, 7) is 7.36. The van der Waals surface area contributed by atoms with Crippen molar-refractivity contribution in [2.45, 2.75) is 0 Å². The van der Waals surface area contributed by atoms with Crippen molar-refractivity contribution in [1.82, 2.24) is 0 Å². The lowest BCUT2D eigenvalue weighted by molar-refractivity contribution is 0.434. The quantitative estimate of drug-likeness (QED) is 0.406. The fourth-order valence-electron chi connectivity index (χ4n) is 0. The second kappa shape index (κ2) is 0.934. The average molecular weight is 56.1 g/mol. The van der Waals surface area contributed by atoms with Gasteiger partial charge in [0.2, 0.25) is 0 Å². The number of aliphatic hydroxyl groups excluding tert-OH is 1. The molecular weight excluding hydrogens is 52.0 g/mol. The van der Waals surface area contributed by atoms with Gasteiger partial charge in [-0.1, -0.05) is 6.58 Å². The van der Waals surface area contributed by atoms with Crippen LogP contribution < -0.4 is 0 Å². The molecule has 0 amide bonds. The molecule has 22 valence electrons. The third-order valence-electron chi connectivity index (χ3n) is 0. The van der Waals surface area contributed by atoms with Crippen molar-refractivity contribution in [3.8, 4) is 0 Å². The summed E-state index contributed by atoms with van der Waals surface area (Å²) in [6, 6.07) is 0. The van der Waals surface area contributed by atoms with E-state index < -0.39 is 0 Å². The van der Waals surface area contributed by atoms with Gasteiger partial charge in [-0.25, -0.2) is 0 Å². The van der Waals surface area contributed by atoms with E-state index in [2.05, 4.69) is 13.5 Å². The van der Waals surface area contributed by atoms with E-state index >= 15 is 0 Å². The summed E-state index contributed by atoms with van der Waals surface area (Å²) in [5.74, 6) is -0.333. The van der Waals surface area contributed by atoms with Gasteiger partial charge in [0.15, 0.2) is 0 Å². The standard InChI is InChI=1S/C3H4O/c1-3(2)4/h1,4H,2H2. The summed E-state index contributed by atoms with van der Waals surface area (Å²) in [6.07, 6.45) is 0. The summed E-state index contributed by atoms with van der Waals surface area (Å²) in [5.41, 5.74) is 0.